The van der Waals surface area contributed by atoms with Crippen molar-refractivity contribution >= 4 is 21.6 Å². The third-order valence-corrected chi connectivity index (χ3v) is 7.13. The molecule has 0 saturated carbocycles. The molecule has 0 spiro atoms. The third kappa shape index (κ3) is 3.77. The van der Waals surface area contributed by atoms with Crippen molar-refractivity contribution in [2.24, 2.45) is 0 Å². The van der Waals surface area contributed by atoms with E-state index in [9.17, 15) is 4.79 Å². The highest BCUT2D eigenvalue weighted by molar-refractivity contribution is 7.18. The van der Waals surface area contributed by atoms with Gasteiger partial charge in [-0.15, -0.1) is 11.3 Å². The second-order valence-electron chi connectivity index (χ2n) is 7.70. The summed E-state index contributed by atoms with van der Waals surface area (Å²) in [6.07, 6.45) is 6.56. The molecule has 1 saturated heterocycles. The van der Waals surface area contributed by atoms with Gasteiger partial charge in [0.15, 0.2) is 0 Å². The van der Waals surface area contributed by atoms with Gasteiger partial charge >= 0.3 is 0 Å². The van der Waals surface area contributed by atoms with Gasteiger partial charge in [-0.1, -0.05) is 26.7 Å². The Morgan fingerprint density at radius 2 is 1.89 bits per heavy atom. The smallest absolute Gasteiger partial charge is 0.281 e. The van der Waals surface area contributed by atoms with Crippen molar-refractivity contribution in [3.8, 4) is 0 Å². The summed E-state index contributed by atoms with van der Waals surface area (Å²) in [5.41, 5.74) is 1.38. The Bertz CT molecular complexity index is 837. The standard InChI is InChI=1S/C20H31N5OS/c1-3-5-6-8-23-10-12-24(13-11-23)25-15-21-19-18(20(25)26)16-7-9-22(4-2)14-17(16)27-19/h15H,3-14H2,1-2H3. The molecule has 2 aliphatic rings. The van der Waals surface area contributed by atoms with E-state index < -0.39 is 0 Å². The topological polar surface area (TPSA) is 44.6 Å². The van der Waals surface area contributed by atoms with Crippen molar-refractivity contribution in [2.75, 3.05) is 50.8 Å². The summed E-state index contributed by atoms with van der Waals surface area (Å²) in [6, 6.07) is 0. The number of hydrogen-bond acceptors (Lipinski definition) is 6. The van der Waals surface area contributed by atoms with Crippen LogP contribution in [0.3, 0.4) is 0 Å². The van der Waals surface area contributed by atoms with E-state index >= 15 is 0 Å². The van der Waals surface area contributed by atoms with E-state index in [-0.39, 0.29) is 5.56 Å². The molecule has 0 bridgehead atoms. The number of thiophene rings is 1. The van der Waals surface area contributed by atoms with Gasteiger partial charge in [0.05, 0.1) is 5.39 Å². The van der Waals surface area contributed by atoms with Gasteiger partial charge < -0.3 is 5.01 Å². The quantitative estimate of drug-likeness (QED) is 0.709. The molecule has 2 aromatic rings. The van der Waals surface area contributed by atoms with E-state index in [2.05, 4.69) is 33.6 Å². The number of hydrogen-bond donors (Lipinski definition) is 0. The summed E-state index contributed by atoms with van der Waals surface area (Å²) < 4.78 is 1.78. The van der Waals surface area contributed by atoms with Crippen molar-refractivity contribution in [3.63, 3.8) is 0 Å². The molecular weight excluding hydrogens is 358 g/mol. The number of piperazine rings is 1. The van der Waals surface area contributed by atoms with Crippen LogP contribution in [0.15, 0.2) is 11.1 Å². The van der Waals surface area contributed by atoms with Crippen LogP contribution in [0, 0.1) is 0 Å². The van der Waals surface area contributed by atoms with Crippen molar-refractivity contribution in [1.82, 2.24) is 19.5 Å². The molecule has 6 nitrogen and oxygen atoms in total. The van der Waals surface area contributed by atoms with Gasteiger partial charge in [-0.05, 0) is 31.5 Å². The number of likely N-dealkylation sites (N-methyl/N-ethyl adjacent to an activating group) is 1. The van der Waals surface area contributed by atoms with E-state index in [1.165, 1.54) is 36.2 Å². The van der Waals surface area contributed by atoms with Crippen molar-refractivity contribution in [3.05, 3.63) is 27.1 Å². The summed E-state index contributed by atoms with van der Waals surface area (Å²) in [5.74, 6) is 0. The largest absolute Gasteiger partial charge is 0.306 e. The van der Waals surface area contributed by atoms with E-state index in [1.54, 1.807) is 22.3 Å². The minimum absolute atomic E-state index is 0.127. The number of nitrogens with zero attached hydrogens (tertiary/aromatic N) is 5. The molecule has 4 rings (SSSR count). The SMILES string of the molecule is CCCCCN1CCN(n2cnc3sc4c(c3c2=O)CCN(CC)C4)CC1. The summed E-state index contributed by atoms with van der Waals surface area (Å²) in [5, 5.41) is 3.05. The van der Waals surface area contributed by atoms with E-state index in [0.29, 0.717) is 0 Å². The molecule has 0 unspecified atom stereocenters. The Morgan fingerprint density at radius 1 is 1.07 bits per heavy atom. The molecule has 0 radical (unpaired) electrons. The highest BCUT2D eigenvalue weighted by Gasteiger charge is 2.25. The fraction of sp³-hybridized carbons (Fsp3) is 0.700. The summed E-state index contributed by atoms with van der Waals surface area (Å²) in [6.45, 7) is 12.5. The maximum Gasteiger partial charge on any atom is 0.281 e. The lowest BCUT2D eigenvalue weighted by Gasteiger charge is -2.36. The summed E-state index contributed by atoms with van der Waals surface area (Å²) in [4.78, 5) is 25.1. The summed E-state index contributed by atoms with van der Waals surface area (Å²) in [7, 11) is 0. The van der Waals surface area contributed by atoms with E-state index in [1.807, 2.05) is 0 Å². The maximum atomic E-state index is 13.3. The van der Waals surface area contributed by atoms with Crippen LogP contribution in [-0.2, 0) is 13.0 Å². The maximum absolute atomic E-state index is 13.3. The fourth-order valence-electron chi connectivity index (χ4n) is 4.26. The zero-order chi connectivity index (χ0) is 18.8. The Balaban J connectivity index is 1.52. The zero-order valence-electron chi connectivity index (χ0n) is 16.6. The van der Waals surface area contributed by atoms with E-state index in [4.69, 9.17) is 0 Å². The molecule has 148 valence electrons. The molecule has 7 heteroatoms. The summed E-state index contributed by atoms with van der Waals surface area (Å²) >= 11 is 1.71. The molecular formula is C20H31N5OS. The van der Waals surface area contributed by atoms with Gasteiger partial charge in [-0.2, -0.15) is 0 Å². The predicted molar refractivity (Wildman–Crippen MR) is 112 cm³/mol. The Hall–Kier alpha value is -1.44. The van der Waals surface area contributed by atoms with Gasteiger partial charge in [-0.3, -0.25) is 14.6 Å². The average Bonchev–Trinajstić information content (AvgIpc) is 3.07. The van der Waals surface area contributed by atoms with Crippen molar-refractivity contribution < 1.29 is 0 Å². The monoisotopic (exact) mass is 389 g/mol. The highest BCUT2D eigenvalue weighted by atomic mass is 32.1. The molecule has 1 fully saturated rings. The highest BCUT2D eigenvalue weighted by Crippen LogP contribution is 2.32. The van der Waals surface area contributed by atoms with Gasteiger partial charge in [0.1, 0.15) is 11.2 Å². The van der Waals surface area contributed by atoms with Crippen molar-refractivity contribution in [2.45, 2.75) is 46.1 Å². The van der Waals surface area contributed by atoms with Crippen LogP contribution in [0.4, 0.5) is 0 Å². The molecule has 0 atom stereocenters. The molecule has 4 heterocycles. The van der Waals surface area contributed by atoms with E-state index in [0.717, 1.165) is 62.5 Å². The first-order valence-corrected chi connectivity index (χ1v) is 11.2. The molecule has 0 aromatic carbocycles. The number of rotatable bonds is 6. The van der Waals surface area contributed by atoms with Gasteiger partial charge in [0.2, 0.25) is 0 Å². The lowest BCUT2D eigenvalue weighted by atomic mass is 10.1. The molecule has 2 aromatic heterocycles. The zero-order valence-corrected chi connectivity index (χ0v) is 17.4. The number of aromatic nitrogens is 2. The van der Waals surface area contributed by atoms with Crippen LogP contribution in [0.2, 0.25) is 0 Å². The van der Waals surface area contributed by atoms with Crippen LogP contribution in [0.1, 0.15) is 43.6 Å². The van der Waals surface area contributed by atoms with Gasteiger partial charge in [0.25, 0.3) is 5.56 Å². The first kappa shape index (κ1) is 18.9. The number of fused-ring (bicyclic) bond motifs is 3. The van der Waals surface area contributed by atoms with Crippen LogP contribution in [0.25, 0.3) is 10.2 Å². The second-order valence-corrected chi connectivity index (χ2v) is 8.78. The predicted octanol–water partition coefficient (Wildman–Crippen LogP) is 2.28. The molecule has 0 amide bonds. The minimum atomic E-state index is 0.127. The molecule has 2 aliphatic heterocycles. The first-order valence-electron chi connectivity index (χ1n) is 10.4. The fourth-order valence-corrected chi connectivity index (χ4v) is 5.48. The number of unbranched alkanes of at least 4 members (excludes halogenated alkanes) is 2. The van der Waals surface area contributed by atoms with Crippen LogP contribution in [0.5, 0.6) is 0 Å². The van der Waals surface area contributed by atoms with Gasteiger partial charge in [0, 0.05) is 44.1 Å². The minimum Gasteiger partial charge on any atom is -0.306 e. The normalized spacial score (nSPS) is 19.0. The lowest BCUT2D eigenvalue weighted by molar-refractivity contribution is 0.234. The molecule has 0 aliphatic carbocycles. The molecule has 0 N–H and O–H groups in total. The van der Waals surface area contributed by atoms with Crippen LogP contribution < -0.4 is 10.6 Å². The average molecular weight is 390 g/mol. The second kappa shape index (κ2) is 8.29. The Labute approximate surface area is 165 Å². The van der Waals surface area contributed by atoms with Crippen LogP contribution in [-0.4, -0.2) is 65.3 Å². The van der Waals surface area contributed by atoms with Crippen molar-refractivity contribution in [1.29, 1.82) is 0 Å². The first-order chi connectivity index (χ1) is 13.2. The Kier molecular flexibility index (Phi) is 5.80. The third-order valence-electron chi connectivity index (χ3n) is 6.00. The lowest BCUT2D eigenvalue weighted by Crippen LogP contribution is -2.54. The van der Waals surface area contributed by atoms with Gasteiger partial charge in [-0.25, -0.2) is 9.66 Å². The Morgan fingerprint density at radius 3 is 2.63 bits per heavy atom. The molecule has 27 heavy (non-hydrogen) atoms. The van der Waals surface area contributed by atoms with Crippen LogP contribution >= 0.6 is 11.3 Å².